The lowest BCUT2D eigenvalue weighted by Crippen LogP contribution is -2.43. The van der Waals surface area contributed by atoms with Gasteiger partial charge in [0.1, 0.15) is 0 Å². The monoisotopic (exact) mass is 462 g/mol. The van der Waals surface area contributed by atoms with Crippen LogP contribution >= 0.6 is 24.0 Å². The van der Waals surface area contributed by atoms with Crippen LogP contribution in [-0.2, 0) is 11.3 Å². The molecule has 0 aliphatic rings. The van der Waals surface area contributed by atoms with Crippen LogP contribution in [0.5, 0.6) is 0 Å². The molecule has 7 heteroatoms. The van der Waals surface area contributed by atoms with E-state index < -0.39 is 0 Å². The van der Waals surface area contributed by atoms with E-state index in [1.54, 1.807) is 19.1 Å². The fraction of sp³-hybridized carbons (Fsp3) is 0.556. The van der Waals surface area contributed by atoms with Crippen LogP contribution < -0.4 is 10.6 Å². The Morgan fingerprint density at radius 2 is 1.84 bits per heavy atom. The first kappa shape index (κ1) is 23.6. The van der Waals surface area contributed by atoms with Gasteiger partial charge in [0.2, 0.25) is 0 Å². The number of carbonyl (C=O) groups is 1. The van der Waals surface area contributed by atoms with Gasteiger partial charge in [0, 0.05) is 45.4 Å². The molecule has 25 heavy (non-hydrogen) atoms. The molecule has 0 fully saturated rings. The minimum atomic E-state index is 0. The summed E-state index contributed by atoms with van der Waals surface area (Å²) >= 11 is 0. The Bertz CT molecular complexity index is 547. The van der Waals surface area contributed by atoms with Crippen molar-refractivity contribution in [2.75, 3.05) is 27.8 Å². The third kappa shape index (κ3) is 8.04. The van der Waals surface area contributed by atoms with E-state index in [0.717, 1.165) is 11.5 Å². The number of aliphatic imine (C=N–C) groups is 1. The molecule has 1 rings (SSSR count). The van der Waals surface area contributed by atoms with E-state index in [2.05, 4.69) is 15.6 Å². The third-order valence-electron chi connectivity index (χ3n) is 3.78. The van der Waals surface area contributed by atoms with Crippen LogP contribution in [0.4, 0.5) is 0 Å². The van der Waals surface area contributed by atoms with Crippen LogP contribution in [0.15, 0.2) is 29.3 Å². The summed E-state index contributed by atoms with van der Waals surface area (Å²) < 4.78 is 5.10. The number of hydrogen-bond donors (Lipinski definition) is 2. The van der Waals surface area contributed by atoms with Crippen molar-refractivity contribution in [2.45, 2.75) is 39.4 Å². The van der Waals surface area contributed by atoms with Crippen LogP contribution in [0.3, 0.4) is 0 Å². The first-order chi connectivity index (χ1) is 11.4. The normalized spacial score (nSPS) is 12.4. The Morgan fingerprint density at radius 3 is 2.32 bits per heavy atom. The molecule has 0 aliphatic carbocycles. The Kier molecular flexibility index (Phi) is 11.4. The van der Waals surface area contributed by atoms with Crippen LogP contribution in [0.1, 0.15) is 36.7 Å². The quantitative estimate of drug-likeness (QED) is 0.371. The van der Waals surface area contributed by atoms with E-state index in [-0.39, 0.29) is 42.0 Å². The molecule has 0 radical (unpaired) electrons. The maximum Gasteiger partial charge on any atom is 0.253 e. The minimum absolute atomic E-state index is 0. The number of nitrogens with one attached hydrogen (secondary N) is 2. The number of guanidine groups is 1. The fourth-order valence-corrected chi connectivity index (χ4v) is 2.11. The minimum Gasteiger partial charge on any atom is -0.383 e. The van der Waals surface area contributed by atoms with Crippen molar-refractivity contribution in [1.29, 1.82) is 0 Å². The number of rotatable bonds is 7. The molecule has 1 atom stereocenters. The lowest BCUT2D eigenvalue weighted by atomic mass is 10.1. The number of benzene rings is 1. The first-order valence-corrected chi connectivity index (χ1v) is 8.21. The van der Waals surface area contributed by atoms with Gasteiger partial charge in [-0.2, -0.15) is 0 Å². The molecule has 2 N–H and O–H groups in total. The van der Waals surface area contributed by atoms with Crippen LogP contribution in [-0.4, -0.2) is 56.7 Å². The number of methoxy groups -OCH3 is 1. The van der Waals surface area contributed by atoms with Gasteiger partial charge in [0.15, 0.2) is 5.96 Å². The maximum absolute atomic E-state index is 12.3. The van der Waals surface area contributed by atoms with Crippen molar-refractivity contribution in [3.8, 4) is 0 Å². The zero-order valence-electron chi connectivity index (χ0n) is 16.0. The highest BCUT2D eigenvalue weighted by Gasteiger charge is 2.14. The summed E-state index contributed by atoms with van der Waals surface area (Å²) in [5, 5.41) is 6.50. The topological polar surface area (TPSA) is 66.0 Å². The van der Waals surface area contributed by atoms with Crippen molar-refractivity contribution < 1.29 is 9.53 Å². The van der Waals surface area contributed by atoms with E-state index in [1.165, 1.54) is 0 Å². The molecule has 1 aromatic rings. The van der Waals surface area contributed by atoms with Gasteiger partial charge in [-0.3, -0.25) is 9.79 Å². The second-order valence-electron chi connectivity index (χ2n) is 6.13. The van der Waals surface area contributed by atoms with Gasteiger partial charge in [-0.15, -0.1) is 24.0 Å². The van der Waals surface area contributed by atoms with E-state index in [9.17, 15) is 4.79 Å². The van der Waals surface area contributed by atoms with Crippen molar-refractivity contribution >= 4 is 35.8 Å². The highest BCUT2D eigenvalue weighted by atomic mass is 127. The van der Waals surface area contributed by atoms with E-state index >= 15 is 0 Å². The molecule has 0 heterocycles. The van der Waals surface area contributed by atoms with Gasteiger partial charge in [-0.25, -0.2) is 0 Å². The third-order valence-corrected chi connectivity index (χ3v) is 3.78. The van der Waals surface area contributed by atoms with Crippen LogP contribution in [0.25, 0.3) is 0 Å². The summed E-state index contributed by atoms with van der Waals surface area (Å²) in [6.07, 6.45) is 0. The van der Waals surface area contributed by atoms with Gasteiger partial charge in [-0.05, 0) is 38.5 Å². The number of halogens is 1. The molecule has 0 bridgehead atoms. The summed E-state index contributed by atoms with van der Waals surface area (Å²) in [7, 11) is 5.23. The van der Waals surface area contributed by atoms with E-state index in [0.29, 0.717) is 18.7 Å². The Morgan fingerprint density at radius 1 is 1.24 bits per heavy atom. The number of nitrogens with zero attached hydrogens (tertiary/aromatic N) is 2. The lowest BCUT2D eigenvalue weighted by Gasteiger charge is -2.21. The summed E-state index contributed by atoms with van der Waals surface area (Å²) in [6, 6.07) is 8.00. The molecule has 6 nitrogen and oxygen atoms in total. The summed E-state index contributed by atoms with van der Waals surface area (Å²) in [4.78, 5) is 18.2. The van der Waals surface area contributed by atoms with Crippen molar-refractivity contribution in [2.24, 2.45) is 4.99 Å². The van der Waals surface area contributed by atoms with Crippen LogP contribution in [0.2, 0.25) is 0 Å². The standard InChI is InChI=1S/C18H30N4O2.HI/c1-13(2)22(5)17(23)16-9-7-15(8-10-16)11-20-18(19-4)21-14(3)12-24-6;/h7-10,13-14H,11-12H2,1-6H3,(H2,19,20,21);1H. The Labute approximate surface area is 168 Å². The first-order valence-electron chi connectivity index (χ1n) is 8.21. The zero-order valence-corrected chi connectivity index (χ0v) is 18.3. The average Bonchev–Trinajstić information content (AvgIpc) is 2.57. The summed E-state index contributed by atoms with van der Waals surface area (Å²) in [5.74, 6) is 0.759. The number of hydrogen-bond acceptors (Lipinski definition) is 3. The fourth-order valence-electron chi connectivity index (χ4n) is 2.11. The van der Waals surface area contributed by atoms with Gasteiger partial charge in [0.05, 0.1) is 6.61 Å². The van der Waals surface area contributed by atoms with Gasteiger partial charge in [-0.1, -0.05) is 12.1 Å². The highest BCUT2D eigenvalue weighted by Crippen LogP contribution is 2.09. The van der Waals surface area contributed by atoms with Crippen LogP contribution in [0, 0.1) is 0 Å². The van der Waals surface area contributed by atoms with Gasteiger partial charge < -0.3 is 20.3 Å². The summed E-state index contributed by atoms with van der Waals surface area (Å²) in [5.41, 5.74) is 1.78. The number of amides is 1. The van der Waals surface area contributed by atoms with Crippen molar-refractivity contribution in [3.63, 3.8) is 0 Å². The molecule has 1 aromatic carbocycles. The molecule has 0 saturated carbocycles. The smallest absolute Gasteiger partial charge is 0.253 e. The van der Waals surface area contributed by atoms with Gasteiger partial charge in [0.25, 0.3) is 5.91 Å². The highest BCUT2D eigenvalue weighted by molar-refractivity contribution is 14.0. The number of carbonyl (C=O) groups excluding carboxylic acids is 1. The molecule has 0 spiro atoms. The molecule has 0 aliphatic heterocycles. The molecular weight excluding hydrogens is 431 g/mol. The predicted molar refractivity (Wildman–Crippen MR) is 114 cm³/mol. The maximum atomic E-state index is 12.3. The van der Waals surface area contributed by atoms with Crippen molar-refractivity contribution in [3.05, 3.63) is 35.4 Å². The molecular formula is C18H31IN4O2. The van der Waals surface area contributed by atoms with Gasteiger partial charge >= 0.3 is 0 Å². The van der Waals surface area contributed by atoms with Crippen molar-refractivity contribution in [1.82, 2.24) is 15.5 Å². The average molecular weight is 462 g/mol. The lowest BCUT2D eigenvalue weighted by molar-refractivity contribution is 0.0755. The summed E-state index contributed by atoms with van der Waals surface area (Å²) in [6.45, 7) is 7.27. The molecule has 142 valence electrons. The SMILES string of the molecule is CN=C(NCc1ccc(C(=O)N(C)C(C)C)cc1)NC(C)COC.I. The second-order valence-corrected chi connectivity index (χ2v) is 6.13. The second kappa shape index (κ2) is 12.1. The molecule has 0 saturated heterocycles. The molecule has 1 unspecified atom stereocenters. The zero-order chi connectivity index (χ0) is 18.1. The predicted octanol–water partition coefficient (Wildman–Crippen LogP) is 2.48. The Hall–Kier alpha value is -1.35. The molecule has 0 aromatic heterocycles. The van der Waals surface area contributed by atoms with E-state index in [1.807, 2.05) is 52.1 Å². The molecule has 1 amide bonds. The largest absolute Gasteiger partial charge is 0.383 e. The Balaban J connectivity index is 0.00000576. The van der Waals surface area contributed by atoms with E-state index in [4.69, 9.17) is 4.74 Å². The number of ether oxygens (including phenoxy) is 1.